The number of aromatic carboxylic acids is 1. The summed E-state index contributed by atoms with van der Waals surface area (Å²) in [6.07, 6.45) is 2.47. The van der Waals surface area contributed by atoms with Crippen LogP contribution >= 0.6 is 0 Å². The summed E-state index contributed by atoms with van der Waals surface area (Å²) in [5, 5.41) is 8.92. The van der Waals surface area contributed by atoms with Gasteiger partial charge in [0.05, 0.1) is 5.56 Å². The molecule has 0 bridgehead atoms. The summed E-state index contributed by atoms with van der Waals surface area (Å²) in [5.74, 6) is -1.28. The van der Waals surface area contributed by atoms with Gasteiger partial charge in [0.2, 0.25) is 0 Å². The maximum atomic E-state index is 13.8. The Morgan fingerprint density at radius 3 is 2.40 bits per heavy atom. The summed E-state index contributed by atoms with van der Waals surface area (Å²) in [4.78, 5) is 13.2. The molecule has 3 rings (SSSR count). The van der Waals surface area contributed by atoms with Crippen molar-refractivity contribution in [2.75, 3.05) is 13.1 Å². The molecule has 2 aromatic rings. The predicted molar refractivity (Wildman–Crippen MR) is 91.5 cm³/mol. The van der Waals surface area contributed by atoms with Crippen LogP contribution in [0.5, 0.6) is 0 Å². The fraction of sp³-hybridized carbons (Fsp3) is 0.350. The highest BCUT2D eigenvalue weighted by Gasteiger charge is 2.21. The van der Waals surface area contributed by atoms with Gasteiger partial charge in [0.25, 0.3) is 0 Å². The quantitative estimate of drug-likeness (QED) is 0.886. The molecule has 5 heteroatoms. The zero-order valence-electron chi connectivity index (χ0n) is 13.9. The maximum absolute atomic E-state index is 13.8. The van der Waals surface area contributed by atoms with Gasteiger partial charge in [-0.05, 0) is 79.7 Å². The van der Waals surface area contributed by atoms with Crippen LogP contribution in [-0.4, -0.2) is 29.1 Å². The van der Waals surface area contributed by atoms with Crippen LogP contribution in [0.15, 0.2) is 42.5 Å². The highest BCUT2D eigenvalue weighted by Crippen LogP contribution is 2.24. The van der Waals surface area contributed by atoms with Gasteiger partial charge in [-0.2, -0.15) is 0 Å². The van der Waals surface area contributed by atoms with Crippen LogP contribution in [0.25, 0.3) is 0 Å². The number of carboxylic acids is 1. The van der Waals surface area contributed by atoms with Crippen molar-refractivity contribution in [2.24, 2.45) is 5.92 Å². The SMILES string of the molecule is O=C(O)c1ccc(CN2CCC(Cc3cc(F)ccc3F)CC2)cc1. The monoisotopic (exact) mass is 345 g/mol. The van der Waals surface area contributed by atoms with Gasteiger partial charge in [-0.15, -0.1) is 0 Å². The van der Waals surface area contributed by atoms with Gasteiger partial charge in [-0.1, -0.05) is 12.1 Å². The predicted octanol–water partition coefficient (Wildman–Crippen LogP) is 4.12. The van der Waals surface area contributed by atoms with Crippen molar-refractivity contribution in [3.63, 3.8) is 0 Å². The van der Waals surface area contributed by atoms with Crippen LogP contribution in [-0.2, 0) is 13.0 Å². The Balaban J connectivity index is 1.51. The molecule has 1 saturated heterocycles. The highest BCUT2D eigenvalue weighted by atomic mass is 19.1. The van der Waals surface area contributed by atoms with Gasteiger partial charge in [0.1, 0.15) is 11.6 Å². The van der Waals surface area contributed by atoms with Crippen LogP contribution in [0.1, 0.15) is 34.3 Å². The average Bonchev–Trinajstić information content (AvgIpc) is 2.60. The summed E-state index contributed by atoms with van der Waals surface area (Å²) in [6, 6.07) is 10.6. The van der Waals surface area contributed by atoms with E-state index in [1.807, 2.05) is 12.1 Å². The standard InChI is InChI=1S/C20H21F2NO2/c21-18-5-6-19(22)17(12-18)11-14-7-9-23(10-8-14)13-15-1-3-16(4-2-15)20(24)25/h1-6,12,14H,7-11,13H2,(H,24,25). The number of nitrogens with zero attached hydrogens (tertiary/aromatic N) is 1. The number of hydrogen-bond donors (Lipinski definition) is 1. The molecule has 1 N–H and O–H groups in total. The van der Waals surface area contributed by atoms with E-state index in [1.54, 1.807) is 12.1 Å². The second kappa shape index (κ2) is 7.74. The minimum Gasteiger partial charge on any atom is -0.478 e. The van der Waals surface area contributed by atoms with Crippen LogP contribution in [0.2, 0.25) is 0 Å². The average molecular weight is 345 g/mol. The number of hydrogen-bond acceptors (Lipinski definition) is 2. The third-order valence-electron chi connectivity index (χ3n) is 4.83. The molecule has 0 aliphatic carbocycles. The van der Waals surface area contributed by atoms with Crippen LogP contribution in [0, 0.1) is 17.6 Å². The number of carboxylic acid groups (broad SMARTS) is 1. The fourth-order valence-electron chi connectivity index (χ4n) is 3.37. The first kappa shape index (κ1) is 17.5. The molecule has 3 nitrogen and oxygen atoms in total. The Bertz CT molecular complexity index is 738. The normalized spacial score (nSPS) is 16.1. The smallest absolute Gasteiger partial charge is 0.335 e. The number of piperidine rings is 1. The van der Waals surface area contributed by atoms with Crippen LogP contribution in [0.3, 0.4) is 0 Å². The molecule has 2 aromatic carbocycles. The summed E-state index contributed by atoms with van der Waals surface area (Å²) < 4.78 is 27.0. The molecule has 0 atom stereocenters. The maximum Gasteiger partial charge on any atom is 0.335 e. The summed E-state index contributed by atoms with van der Waals surface area (Å²) >= 11 is 0. The van der Waals surface area contributed by atoms with Gasteiger partial charge in [0, 0.05) is 6.54 Å². The molecule has 0 amide bonds. The van der Waals surface area contributed by atoms with Crippen molar-refractivity contribution in [3.05, 3.63) is 70.8 Å². The van der Waals surface area contributed by atoms with E-state index in [-0.39, 0.29) is 5.82 Å². The Hall–Kier alpha value is -2.27. The number of carbonyl (C=O) groups is 1. The Morgan fingerprint density at radius 1 is 1.08 bits per heavy atom. The Labute approximate surface area is 145 Å². The van der Waals surface area contributed by atoms with E-state index in [0.29, 0.717) is 23.5 Å². The zero-order chi connectivity index (χ0) is 17.8. The molecule has 0 spiro atoms. The van der Waals surface area contributed by atoms with Crippen molar-refractivity contribution >= 4 is 5.97 Å². The van der Waals surface area contributed by atoms with E-state index in [1.165, 1.54) is 12.1 Å². The molecule has 1 aliphatic rings. The first-order chi connectivity index (χ1) is 12.0. The molecule has 0 unspecified atom stereocenters. The van der Waals surface area contributed by atoms with Gasteiger partial charge in [-0.3, -0.25) is 4.90 Å². The summed E-state index contributed by atoms with van der Waals surface area (Å²) in [6.45, 7) is 2.59. The Morgan fingerprint density at radius 2 is 1.76 bits per heavy atom. The van der Waals surface area contributed by atoms with Crippen molar-refractivity contribution in [2.45, 2.75) is 25.8 Å². The molecule has 25 heavy (non-hydrogen) atoms. The van der Waals surface area contributed by atoms with Crippen molar-refractivity contribution in [1.82, 2.24) is 4.90 Å². The lowest BCUT2D eigenvalue weighted by Gasteiger charge is -2.32. The van der Waals surface area contributed by atoms with E-state index >= 15 is 0 Å². The van der Waals surface area contributed by atoms with E-state index in [0.717, 1.165) is 44.1 Å². The van der Waals surface area contributed by atoms with Crippen molar-refractivity contribution in [1.29, 1.82) is 0 Å². The van der Waals surface area contributed by atoms with E-state index in [2.05, 4.69) is 4.90 Å². The van der Waals surface area contributed by atoms with Crippen LogP contribution in [0.4, 0.5) is 8.78 Å². The highest BCUT2D eigenvalue weighted by molar-refractivity contribution is 5.87. The third-order valence-corrected chi connectivity index (χ3v) is 4.83. The minimum atomic E-state index is -0.919. The van der Waals surface area contributed by atoms with Crippen molar-refractivity contribution < 1.29 is 18.7 Å². The van der Waals surface area contributed by atoms with E-state index in [9.17, 15) is 13.6 Å². The molecular formula is C20H21F2NO2. The summed E-state index contributed by atoms with van der Waals surface area (Å²) in [5.41, 5.74) is 1.84. The molecule has 132 valence electrons. The van der Waals surface area contributed by atoms with Crippen molar-refractivity contribution in [3.8, 4) is 0 Å². The minimum absolute atomic E-state index is 0.291. The largest absolute Gasteiger partial charge is 0.478 e. The lowest BCUT2D eigenvalue weighted by Crippen LogP contribution is -2.34. The summed E-state index contributed by atoms with van der Waals surface area (Å²) in [7, 11) is 0. The Kier molecular flexibility index (Phi) is 5.43. The lowest BCUT2D eigenvalue weighted by atomic mass is 9.89. The fourth-order valence-corrected chi connectivity index (χ4v) is 3.37. The molecule has 0 radical (unpaired) electrons. The number of likely N-dealkylation sites (tertiary alicyclic amines) is 1. The first-order valence-electron chi connectivity index (χ1n) is 8.50. The first-order valence-corrected chi connectivity index (χ1v) is 8.50. The molecule has 0 aromatic heterocycles. The second-order valence-electron chi connectivity index (χ2n) is 6.66. The lowest BCUT2D eigenvalue weighted by molar-refractivity contribution is 0.0697. The van der Waals surface area contributed by atoms with Gasteiger partial charge in [0.15, 0.2) is 0 Å². The van der Waals surface area contributed by atoms with Gasteiger partial charge >= 0.3 is 5.97 Å². The molecule has 1 aliphatic heterocycles. The number of rotatable bonds is 5. The van der Waals surface area contributed by atoms with Gasteiger partial charge < -0.3 is 5.11 Å². The number of halogens is 2. The van der Waals surface area contributed by atoms with Crippen LogP contribution < -0.4 is 0 Å². The van der Waals surface area contributed by atoms with E-state index < -0.39 is 11.8 Å². The van der Waals surface area contributed by atoms with Gasteiger partial charge in [-0.25, -0.2) is 13.6 Å². The molecule has 1 fully saturated rings. The van der Waals surface area contributed by atoms with E-state index in [4.69, 9.17) is 5.11 Å². The topological polar surface area (TPSA) is 40.5 Å². The molecule has 0 saturated carbocycles. The third kappa shape index (κ3) is 4.63. The molecule has 1 heterocycles. The second-order valence-corrected chi connectivity index (χ2v) is 6.66. The zero-order valence-corrected chi connectivity index (χ0v) is 13.9. The molecular weight excluding hydrogens is 324 g/mol. The number of benzene rings is 2.